The molecule has 0 spiro atoms. The third-order valence-electron chi connectivity index (χ3n) is 1.99. The SMILES string of the molecule is COCC(C)(NCC(=O)NC(C)C)C(=O)O. The van der Waals surface area contributed by atoms with Crippen molar-refractivity contribution in [3.63, 3.8) is 0 Å². The Bertz CT molecular complexity index is 255. The fourth-order valence-electron chi connectivity index (χ4n) is 1.13. The van der Waals surface area contributed by atoms with Gasteiger partial charge in [0.2, 0.25) is 5.91 Å². The van der Waals surface area contributed by atoms with E-state index in [9.17, 15) is 9.59 Å². The number of carboxylic acids is 1. The molecule has 0 aromatic carbocycles. The van der Waals surface area contributed by atoms with Crippen LogP contribution in [0.5, 0.6) is 0 Å². The summed E-state index contributed by atoms with van der Waals surface area (Å²) in [6.07, 6.45) is 0. The smallest absolute Gasteiger partial charge is 0.326 e. The van der Waals surface area contributed by atoms with E-state index in [-0.39, 0.29) is 25.1 Å². The van der Waals surface area contributed by atoms with Crippen LogP contribution in [0.3, 0.4) is 0 Å². The number of methoxy groups -OCH3 is 1. The van der Waals surface area contributed by atoms with Crippen molar-refractivity contribution in [2.75, 3.05) is 20.3 Å². The fraction of sp³-hybridized carbons (Fsp3) is 0.800. The molecule has 1 unspecified atom stereocenters. The molecule has 94 valence electrons. The van der Waals surface area contributed by atoms with Gasteiger partial charge in [-0.3, -0.25) is 14.9 Å². The molecule has 0 saturated heterocycles. The monoisotopic (exact) mass is 232 g/mol. The Hall–Kier alpha value is -1.14. The van der Waals surface area contributed by atoms with Gasteiger partial charge in [0.25, 0.3) is 0 Å². The van der Waals surface area contributed by atoms with Crippen molar-refractivity contribution < 1.29 is 19.4 Å². The summed E-state index contributed by atoms with van der Waals surface area (Å²) in [5.41, 5.74) is -1.25. The number of aliphatic carboxylic acids is 1. The van der Waals surface area contributed by atoms with Crippen LogP contribution in [0.15, 0.2) is 0 Å². The van der Waals surface area contributed by atoms with E-state index in [2.05, 4.69) is 10.6 Å². The Morgan fingerprint density at radius 2 is 2.00 bits per heavy atom. The molecule has 0 aromatic heterocycles. The zero-order chi connectivity index (χ0) is 12.8. The topological polar surface area (TPSA) is 87.7 Å². The first-order chi connectivity index (χ1) is 7.31. The second-order valence-corrected chi connectivity index (χ2v) is 4.15. The fourth-order valence-corrected chi connectivity index (χ4v) is 1.13. The Balaban J connectivity index is 4.22. The summed E-state index contributed by atoms with van der Waals surface area (Å²) in [5, 5.41) is 14.3. The summed E-state index contributed by atoms with van der Waals surface area (Å²) in [4.78, 5) is 22.3. The minimum atomic E-state index is -1.25. The van der Waals surface area contributed by atoms with Crippen LogP contribution in [0.4, 0.5) is 0 Å². The van der Waals surface area contributed by atoms with Gasteiger partial charge in [0, 0.05) is 13.2 Å². The zero-order valence-electron chi connectivity index (χ0n) is 10.2. The molecule has 0 bridgehead atoms. The van der Waals surface area contributed by atoms with Crippen LogP contribution in [0.1, 0.15) is 20.8 Å². The second-order valence-electron chi connectivity index (χ2n) is 4.15. The van der Waals surface area contributed by atoms with Crippen LogP contribution >= 0.6 is 0 Å². The van der Waals surface area contributed by atoms with Crippen molar-refractivity contribution >= 4 is 11.9 Å². The Labute approximate surface area is 95.4 Å². The van der Waals surface area contributed by atoms with E-state index in [1.54, 1.807) is 0 Å². The molecule has 16 heavy (non-hydrogen) atoms. The first-order valence-corrected chi connectivity index (χ1v) is 5.08. The number of hydrogen-bond acceptors (Lipinski definition) is 4. The molecular formula is C10H20N2O4. The number of carbonyl (C=O) groups excluding carboxylic acids is 1. The second kappa shape index (κ2) is 6.44. The summed E-state index contributed by atoms with van der Waals surface area (Å²) >= 11 is 0. The molecule has 0 fully saturated rings. The van der Waals surface area contributed by atoms with Crippen molar-refractivity contribution in [3.8, 4) is 0 Å². The summed E-state index contributed by atoms with van der Waals surface area (Å²) in [6, 6.07) is 0.0350. The predicted molar refractivity (Wildman–Crippen MR) is 59.2 cm³/mol. The van der Waals surface area contributed by atoms with E-state index in [0.29, 0.717) is 0 Å². The van der Waals surface area contributed by atoms with E-state index in [4.69, 9.17) is 9.84 Å². The highest BCUT2D eigenvalue weighted by Gasteiger charge is 2.33. The maximum atomic E-state index is 11.3. The molecule has 1 atom stereocenters. The number of hydrogen-bond donors (Lipinski definition) is 3. The van der Waals surface area contributed by atoms with Crippen LogP contribution < -0.4 is 10.6 Å². The maximum absolute atomic E-state index is 11.3. The molecule has 0 aliphatic rings. The molecule has 3 N–H and O–H groups in total. The number of rotatable bonds is 7. The normalized spacial score (nSPS) is 14.6. The lowest BCUT2D eigenvalue weighted by molar-refractivity contribution is -0.146. The number of amides is 1. The van der Waals surface area contributed by atoms with Gasteiger partial charge in [-0.2, -0.15) is 0 Å². The van der Waals surface area contributed by atoms with Crippen LogP contribution in [-0.2, 0) is 14.3 Å². The van der Waals surface area contributed by atoms with Crippen molar-refractivity contribution in [1.82, 2.24) is 10.6 Å². The average molecular weight is 232 g/mol. The third kappa shape index (κ3) is 5.09. The first-order valence-electron chi connectivity index (χ1n) is 5.08. The van der Waals surface area contributed by atoms with E-state index in [1.807, 2.05) is 13.8 Å². The molecule has 0 aliphatic heterocycles. The Kier molecular flexibility index (Phi) is 5.98. The zero-order valence-corrected chi connectivity index (χ0v) is 10.2. The molecule has 0 rings (SSSR count). The van der Waals surface area contributed by atoms with Gasteiger partial charge in [-0.25, -0.2) is 0 Å². The Morgan fingerprint density at radius 1 is 1.44 bits per heavy atom. The number of nitrogens with one attached hydrogen (secondary N) is 2. The van der Waals surface area contributed by atoms with Gasteiger partial charge in [-0.15, -0.1) is 0 Å². The van der Waals surface area contributed by atoms with Crippen LogP contribution in [0.25, 0.3) is 0 Å². The van der Waals surface area contributed by atoms with Crippen molar-refractivity contribution in [2.45, 2.75) is 32.4 Å². The summed E-state index contributed by atoms with van der Waals surface area (Å²) in [7, 11) is 1.41. The van der Waals surface area contributed by atoms with Gasteiger partial charge in [0.15, 0.2) is 0 Å². The van der Waals surface area contributed by atoms with E-state index in [1.165, 1.54) is 14.0 Å². The van der Waals surface area contributed by atoms with E-state index >= 15 is 0 Å². The number of carboxylic acid groups (broad SMARTS) is 1. The first kappa shape index (κ1) is 14.9. The van der Waals surface area contributed by atoms with Gasteiger partial charge in [0.1, 0.15) is 5.54 Å². The minimum Gasteiger partial charge on any atom is -0.480 e. The van der Waals surface area contributed by atoms with Gasteiger partial charge < -0.3 is 15.2 Å². The molecule has 0 heterocycles. The van der Waals surface area contributed by atoms with Crippen LogP contribution in [0.2, 0.25) is 0 Å². The van der Waals surface area contributed by atoms with Crippen LogP contribution in [-0.4, -0.2) is 48.8 Å². The average Bonchev–Trinajstić information content (AvgIpc) is 2.14. The number of ether oxygens (including phenoxy) is 1. The molecule has 6 heteroatoms. The largest absolute Gasteiger partial charge is 0.480 e. The molecule has 1 amide bonds. The molecule has 0 saturated carbocycles. The van der Waals surface area contributed by atoms with Gasteiger partial charge >= 0.3 is 5.97 Å². The summed E-state index contributed by atoms with van der Waals surface area (Å²) in [6.45, 7) is 5.09. The molecular weight excluding hydrogens is 212 g/mol. The lowest BCUT2D eigenvalue weighted by Crippen LogP contribution is -2.55. The molecule has 0 aliphatic carbocycles. The lowest BCUT2D eigenvalue weighted by Gasteiger charge is -2.25. The standard InChI is InChI=1S/C10H20N2O4/c1-7(2)12-8(13)5-11-10(3,6-16-4)9(14)15/h7,11H,5-6H2,1-4H3,(H,12,13)(H,14,15). The van der Waals surface area contributed by atoms with Gasteiger partial charge in [0.05, 0.1) is 13.2 Å². The summed E-state index contributed by atoms with van der Waals surface area (Å²) < 4.78 is 4.81. The highest BCUT2D eigenvalue weighted by atomic mass is 16.5. The van der Waals surface area contributed by atoms with Gasteiger partial charge in [-0.1, -0.05) is 0 Å². The third-order valence-corrected chi connectivity index (χ3v) is 1.99. The van der Waals surface area contributed by atoms with Crippen LogP contribution in [0, 0.1) is 0 Å². The highest BCUT2D eigenvalue weighted by Crippen LogP contribution is 2.03. The van der Waals surface area contributed by atoms with Crippen molar-refractivity contribution in [2.24, 2.45) is 0 Å². The summed E-state index contributed by atoms with van der Waals surface area (Å²) in [5.74, 6) is -1.29. The predicted octanol–water partition coefficient (Wildman–Crippen LogP) is -0.410. The molecule has 0 radical (unpaired) electrons. The van der Waals surface area contributed by atoms with E-state index < -0.39 is 11.5 Å². The lowest BCUT2D eigenvalue weighted by atomic mass is 10.0. The highest BCUT2D eigenvalue weighted by molar-refractivity contribution is 5.82. The molecule has 6 nitrogen and oxygen atoms in total. The van der Waals surface area contributed by atoms with Crippen molar-refractivity contribution in [1.29, 1.82) is 0 Å². The molecule has 0 aromatic rings. The van der Waals surface area contributed by atoms with Crippen molar-refractivity contribution in [3.05, 3.63) is 0 Å². The maximum Gasteiger partial charge on any atom is 0.326 e. The number of carbonyl (C=O) groups is 2. The van der Waals surface area contributed by atoms with Gasteiger partial charge in [-0.05, 0) is 20.8 Å². The van der Waals surface area contributed by atoms with E-state index in [0.717, 1.165) is 0 Å². The minimum absolute atomic E-state index is 0.00269. The Morgan fingerprint density at radius 3 is 2.38 bits per heavy atom. The quantitative estimate of drug-likeness (QED) is 0.555.